The first kappa shape index (κ1) is 15.0. The summed E-state index contributed by atoms with van der Waals surface area (Å²) in [7, 11) is 1.58. The summed E-state index contributed by atoms with van der Waals surface area (Å²) >= 11 is 0. The number of benzene rings is 1. The maximum Gasteiger partial charge on any atom is 0.253 e. The molecule has 5 heteroatoms. The van der Waals surface area contributed by atoms with Gasteiger partial charge < -0.3 is 16.0 Å². The maximum absolute atomic E-state index is 12.0. The molecule has 0 unspecified atom stereocenters. The molecule has 0 saturated carbocycles. The van der Waals surface area contributed by atoms with E-state index in [9.17, 15) is 9.59 Å². The standard InChI is InChI=1S/C14H21N3O2/c1-10(2)17-12-7-5-4-6-11(12)14(19)16-9-8-13(18)15-3/h4-7,10,17H,8-9H2,1-3H3,(H,15,18)(H,16,19). The molecule has 1 aromatic rings. The lowest BCUT2D eigenvalue weighted by atomic mass is 10.1. The second-order valence-electron chi connectivity index (χ2n) is 4.52. The third-order valence-electron chi connectivity index (χ3n) is 2.53. The molecule has 0 aliphatic heterocycles. The van der Waals surface area contributed by atoms with Gasteiger partial charge in [0.05, 0.1) is 5.56 Å². The van der Waals surface area contributed by atoms with Crippen LogP contribution in [0.3, 0.4) is 0 Å². The van der Waals surface area contributed by atoms with Crippen LogP contribution in [-0.4, -0.2) is 31.4 Å². The molecule has 0 aromatic heterocycles. The van der Waals surface area contributed by atoms with Crippen LogP contribution >= 0.6 is 0 Å². The van der Waals surface area contributed by atoms with Crippen molar-refractivity contribution in [2.24, 2.45) is 0 Å². The van der Waals surface area contributed by atoms with Crippen LogP contribution in [0.25, 0.3) is 0 Å². The van der Waals surface area contributed by atoms with Crippen molar-refractivity contribution >= 4 is 17.5 Å². The highest BCUT2D eigenvalue weighted by Crippen LogP contribution is 2.15. The number of carbonyl (C=O) groups excluding carboxylic acids is 2. The Morgan fingerprint density at radius 3 is 2.53 bits per heavy atom. The molecule has 0 heterocycles. The van der Waals surface area contributed by atoms with E-state index in [1.54, 1.807) is 13.1 Å². The van der Waals surface area contributed by atoms with Crippen LogP contribution in [0.4, 0.5) is 5.69 Å². The van der Waals surface area contributed by atoms with E-state index in [-0.39, 0.29) is 24.3 Å². The average Bonchev–Trinajstić information content (AvgIpc) is 2.38. The molecule has 0 atom stereocenters. The minimum atomic E-state index is -0.173. The first-order chi connectivity index (χ1) is 9.04. The lowest BCUT2D eigenvalue weighted by Crippen LogP contribution is -2.29. The van der Waals surface area contributed by atoms with Gasteiger partial charge in [-0.1, -0.05) is 12.1 Å². The van der Waals surface area contributed by atoms with E-state index in [0.29, 0.717) is 12.1 Å². The normalized spacial score (nSPS) is 10.1. The van der Waals surface area contributed by atoms with Gasteiger partial charge in [-0.2, -0.15) is 0 Å². The van der Waals surface area contributed by atoms with E-state index >= 15 is 0 Å². The summed E-state index contributed by atoms with van der Waals surface area (Å²) < 4.78 is 0. The van der Waals surface area contributed by atoms with Crippen molar-refractivity contribution < 1.29 is 9.59 Å². The summed E-state index contributed by atoms with van der Waals surface area (Å²) in [5.74, 6) is -0.262. The van der Waals surface area contributed by atoms with Crippen molar-refractivity contribution in [1.29, 1.82) is 0 Å². The second kappa shape index (κ2) is 7.41. The second-order valence-corrected chi connectivity index (χ2v) is 4.52. The fourth-order valence-corrected chi connectivity index (χ4v) is 1.63. The molecular weight excluding hydrogens is 242 g/mol. The predicted octanol–water partition coefficient (Wildman–Crippen LogP) is 1.37. The Morgan fingerprint density at radius 2 is 1.89 bits per heavy atom. The largest absolute Gasteiger partial charge is 0.382 e. The molecular formula is C14H21N3O2. The van der Waals surface area contributed by atoms with Crippen LogP contribution in [-0.2, 0) is 4.79 Å². The SMILES string of the molecule is CNC(=O)CCNC(=O)c1ccccc1NC(C)C. The first-order valence-electron chi connectivity index (χ1n) is 6.39. The van der Waals surface area contributed by atoms with Crippen LogP contribution in [0.15, 0.2) is 24.3 Å². The fraction of sp³-hybridized carbons (Fsp3) is 0.429. The van der Waals surface area contributed by atoms with Crippen molar-refractivity contribution in [2.45, 2.75) is 26.3 Å². The first-order valence-corrected chi connectivity index (χ1v) is 6.39. The molecule has 1 aromatic carbocycles. The van der Waals surface area contributed by atoms with Crippen molar-refractivity contribution in [3.8, 4) is 0 Å². The molecule has 0 aliphatic rings. The smallest absolute Gasteiger partial charge is 0.253 e. The molecule has 0 bridgehead atoms. The van der Waals surface area contributed by atoms with Crippen LogP contribution in [0, 0.1) is 0 Å². The van der Waals surface area contributed by atoms with Crippen molar-refractivity contribution in [2.75, 3.05) is 18.9 Å². The van der Waals surface area contributed by atoms with E-state index in [1.807, 2.05) is 32.0 Å². The Kier molecular flexibility index (Phi) is 5.85. The summed E-state index contributed by atoms with van der Waals surface area (Å²) in [6.07, 6.45) is 0.280. The zero-order valence-electron chi connectivity index (χ0n) is 11.6. The number of rotatable bonds is 6. The predicted molar refractivity (Wildman–Crippen MR) is 76.2 cm³/mol. The number of hydrogen-bond acceptors (Lipinski definition) is 3. The van der Waals surface area contributed by atoms with E-state index in [0.717, 1.165) is 5.69 Å². The fourth-order valence-electron chi connectivity index (χ4n) is 1.63. The van der Waals surface area contributed by atoms with Crippen LogP contribution in [0.1, 0.15) is 30.6 Å². The van der Waals surface area contributed by atoms with Gasteiger partial charge in [0.2, 0.25) is 5.91 Å². The Labute approximate surface area is 113 Å². The van der Waals surface area contributed by atoms with Gasteiger partial charge in [0.15, 0.2) is 0 Å². The highest BCUT2D eigenvalue weighted by Gasteiger charge is 2.11. The molecule has 19 heavy (non-hydrogen) atoms. The maximum atomic E-state index is 12.0. The third-order valence-corrected chi connectivity index (χ3v) is 2.53. The van der Waals surface area contributed by atoms with Gasteiger partial charge in [0, 0.05) is 31.7 Å². The van der Waals surface area contributed by atoms with E-state index in [4.69, 9.17) is 0 Å². The highest BCUT2D eigenvalue weighted by atomic mass is 16.2. The van der Waals surface area contributed by atoms with Gasteiger partial charge in [0.25, 0.3) is 5.91 Å². The van der Waals surface area contributed by atoms with Crippen molar-refractivity contribution in [1.82, 2.24) is 10.6 Å². The number of anilines is 1. The third kappa shape index (κ3) is 4.99. The Hall–Kier alpha value is -2.04. The molecule has 2 amide bonds. The molecule has 0 saturated heterocycles. The molecule has 104 valence electrons. The van der Waals surface area contributed by atoms with Crippen molar-refractivity contribution in [3.63, 3.8) is 0 Å². The Bertz CT molecular complexity index is 444. The molecule has 1 rings (SSSR count). The molecule has 3 N–H and O–H groups in total. The van der Waals surface area contributed by atoms with Gasteiger partial charge in [-0.25, -0.2) is 0 Å². The average molecular weight is 263 g/mol. The minimum Gasteiger partial charge on any atom is -0.382 e. The van der Waals surface area contributed by atoms with Gasteiger partial charge in [-0.15, -0.1) is 0 Å². The lowest BCUT2D eigenvalue weighted by molar-refractivity contribution is -0.120. The summed E-state index contributed by atoms with van der Waals surface area (Å²) in [4.78, 5) is 23.1. The van der Waals surface area contributed by atoms with Crippen LogP contribution in [0.5, 0.6) is 0 Å². The number of hydrogen-bond donors (Lipinski definition) is 3. The minimum absolute atomic E-state index is 0.0890. The zero-order valence-corrected chi connectivity index (χ0v) is 11.6. The van der Waals surface area contributed by atoms with Crippen LogP contribution in [0.2, 0.25) is 0 Å². The summed E-state index contributed by atoms with van der Waals surface area (Å²) in [5.41, 5.74) is 1.39. The van der Waals surface area contributed by atoms with Crippen LogP contribution < -0.4 is 16.0 Å². The van der Waals surface area contributed by atoms with Gasteiger partial charge in [0.1, 0.15) is 0 Å². The quantitative estimate of drug-likeness (QED) is 0.726. The Balaban J connectivity index is 2.63. The van der Waals surface area contributed by atoms with Gasteiger partial charge >= 0.3 is 0 Å². The zero-order chi connectivity index (χ0) is 14.3. The summed E-state index contributed by atoms with van der Waals surface area (Å²) in [6.45, 7) is 4.36. The van der Waals surface area contributed by atoms with Gasteiger partial charge in [-0.05, 0) is 26.0 Å². The number of carbonyl (C=O) groups is 2. The van der Waals surface area contributed by atoms with Gasteiger partial charge in [-0.3, -0.25) is 9.59 Å². The monoisotopic (exact) mass is 263 g/mol. The Morgan fingerprint density at radius 1 is 1.21 bits per heavy atom. The number of para-hydroxylation sites is 1. The molecule has 0 spiro atoms. The van der Waals surface area contributed by atoms with E-state index < -0.39 is 0 Å². The molecule has 0 radical (unpaired) electrons. The van der Waals surface area contributed by atoms with E-state index in [2.05, 4.69) is 16.0 Å². The number of nitrogens with one attached hydrogen (secondary N) is 3. The summed E-state index contributed by atoms with van der Waals surface area (Å²) in [6, 6.07) is 7.58. The number of amides is 2. The highest BCUT2D eigenvalue weighted by molar-refractivity contribution is 5.99. The van der Waals surface area contributed by atoms with Crippen molar-refractivity contribution in [3.05, 3.63) is 29.8 Å². The topological polar surface area (TPSA) is 70.2 Å². The molecule has 5 nitrogen and oxygen atoms in total. The molecule has 0 fully saturated rings. The van der Waals surface area contributed by atoms with E-state index in [1.165, 1.54) is 0 Å². The lowest BCUT2D eigenvalue weighted by Gasteiger charge is -2.14. The molecule has 0 aliphatic carbocycles. The summed E-state index contributed by atoms with van der Waals surface area (Å²) in [5, 5.41) is 8.48.